The molecule has 1 aliphatic rings. The van der Waals surface area contributed by atoms with Gasteiger partial charge in [0.25, 0.3) is 5.91 Å². The zero-order valence-corrected chi connectivity index (χ0v) is 16.2. The number of halogens is 1. The van der Waals surface area contributed by atoms with E-state index in [4.69, 9.17) is 0 Å². The van der Waals surface area contributed by atoms with Crippen molar-refractivity contribution in [1.82, 2.24) is 15.2 Å². The summed E-state index contributed by atoms with van der Waals surface area (Å²) in [4.78, 5) is 42.1. The molecule has 0 saturated carbocycles. The molecular formula is C21H23FN4O3. The molecule has 1 saturated heterocycles. The van der Waals surface area contributed by atoms with E-state index in [9.17, 15) is 18.8 Å². The van der Waals surface area contributed by atoms with Crippen molar-refractivity contribution in [3.63, 3.8) is 0 Å². The molecule has 3 amide bonds. The molecule has 0 radical (unpaired) electrons. The van der Waals surface area contributed by atoms with Gasteiger partial charge < -0.3 is 15.5 Å². The van der Waals surface area contributed by atoms with E-state index < -0.39 is 17.6 Å². The van der Waals surface area contributed by atoms with Crippen molar-refractivity contribution in [3.8, 4) is 0 Å². The van der Waals surface area contributed by atoms with Gasteiger partial charge in [-0.1, -0.05) is 6.07 Å². The van der Waals surface area contributed by atoms with Gasteiger partial charge in [-0.25, -0.2) is 4.39 Å². The van der Waals surface area contributed by atoms with Crippen LogP contribution in [0, 0.1) is 18.7 Å². The van der Waals surface area contributed by atoms with E-state index in [1.807, 2.05) is 0 Å². The summed E-state index contributed by atoms with van der Waals surface area (Å²) in [6, 6.07) is 7.62. The standard InChI is InChI=1S/C21H23FN4O3/c1-14-2-3-17(12-18(14)22)25-20(28)19(27)24-13-15-6-10-26(11-7-15)21(29)16-4-8-23-9-5-16/h2-5,8-9,12,15H,6-7,10-11,13H2,1H3,(H,24,27)(H,25,28). The van der Waals surface area contributed by atoms with Crippen molar-refractivity contribution >= 4 is 23.4 Å². The molecule has 0 spiro atoms. The third-order valence-electron chi connectivity index (χ3n) is 5.02. The highest BCUT2D eigenvalue weighted by molar-refractivity contribution is 6.39. The van der Waals surface area contributed by atoms with E-state index in [0.717, 1.165) is 12.8 Å². The van der Waals surface area contributed by atoms with Gasteiger partial charge in [-0.2, -0.15) is 0 Å². The molecule has 7 nitrogen and oxygen atoms in total. The van der Waals surface area contributed by atoms with E-state index >= 15 is 0 Å². The molecule has 0 unspecified atom stereocenters. The third-order valence-corrected chi connectivity index (χ3v) is 5.02. The highest BCUT2D eigenvalue weighted by atomic mass is 19.1. The van der Waals surface area contributed by atoms with Crippen molar-refractivity contribution in [2.75, 3.05) is 25.0 Å². The highest BCUT2D eigenvalue weighted by Crippen LogP contribution is 2.18. The largest absolute Gasteiger partial charge is 0.348 e. The molecule has 1 fully saturated rings. The summed E-state index contributed by atoms with van der Waals surface area (Å²) in [6.07, 6.45) is 4.65. The molecule has 152 valence electrons. The minimum atomic E-state index is -0.835. The quantitative estimate of drug-likeness (QED) is 0.772. The molecule has 3 rings (SSSR count). The minimum Gasteiger partial charge on any atom is -0.348 e. The SMILES string of the molecule is Cc1ccc(NC(=O)C(=O)NCC2CCN(C(=O)c3ccncc3)CC2)cc1F. The first-order chi connectivity index (χ1) is 13.9. The zero-order valence-electron chi connectivity index (χ0n) is 16.2. The van der Waals surface area contributed by atoms with E-state index in [1.165, 1.54) is 12.1 Å². The number of nitrogens with one attached hydrogen (secondary N) is 2. The van der Waals surface area contributed by atoms with Crippen molar-refractivity contribution < 1.29 is 18.8 Å². The maximum absolute atomic E-state index is 13.5. The number of rotatable bonds is 4. The first-order valence-corrected chi connectivity index (χ1v) is 9.48. The number of nitrogens with zero attached hydrogens (tertiary/aromatic N) is 2. The zero-order chi connectivity index (χ0) is 20.8. The van der Waals surface area contributed by atoms with Crippen LogP contribution in [0.25, 0.3) is 0 Å². The Morgan fingerprint density at radius 3 is 2.45 bits per heavy atom. The fourth-order valence-corrected chi connectivity index (χ4v) is 3.19. The average molecular weight is 398 g/mol. The Morgan fingerprint density at radius 2 is 1.79 bits per heavy atom. The summed E-state index contributed by atoms with van der Waals surface area (Å²) in [5, 5.41) is 5.01. The number of likely N-dealkylation sites (tertiary alicyclic amines) is 1. The first-order valence-electron chi connectivity index (χ1n) is 9.48. The number of carbonyl (C=O) groups is 3. The molecule has 1 aromatic carbocycles. The number of benzene rings is 1. The molecule has 0 atom stereocenters. The molecule has 0 bridgehead atoms. The molecule has 0 aliphatic carbocycles. The van der Waals surface area contributed by atoms with Gasteiger partial charge in [0.1, 0.15) is 5.82 Å². The van der Waals surface area contributed by atoms with Crippen LogP contribution in [0.2, 0.25) is 0 Å². The third kappa shape index (κ3) is 5.37. The molecule has 1 aliphatic heterocycles. The van der Waals surface area contributed by atoms with Crippen molar-refractivity contribution in [3.05, 3.63) is 59.7 Å². The summed E-state index contributed by atoms with van der Waals surface area (Å²) in [6.45, 7) is 3.16. The topological polar surface area (TPSA) is 91.4 Å². The van der Waals surface area contributed by atoms with Crippen molar-refractivity contribution in [2.45, 2.75) is 19.8 Å². The van der Waals surface area contributed by atoms with Gasteiger partial charge in [0.05, 0.1) is 0 Å². The Hall–Kier alpha value is -3.29. The molecule has 8 heteroatoms. The lowest BCUT2D eigenvalue weighted by atomic mass is 9.96. The molecule has 1 aromatic heterocycles. The Balaban J connectivity index is 1.42. The number of aromatic nitrogens is 1. The van der Waals surface area contributed by atoms with Gasteiger partial charge in [-0.3, -0.25) is 19.4 Å². The number of pyridine rings is 1. The lowest BCUT2D eigenvalue weighted by Crippen LogP contribution is -2.43. The summed E-state index contributed by atoms with van der Waals surface area (Å²) in [7, 11) is 0. The summed E-state index contributed by atoms with van der Waals surface area (Å²) < 4.78 is 13.5. The number of anilines is 1. The van der Waals surface area contributed by atoms with Crippen LogP contribution in [0.3, 0.4) is 0 Å². The Kier molecular flexibility index (Phi) is 6.54. The average Bonchev–Trinajstić information content (AvgIpc) is 2.75. The summed E-state index contributed by atoms with van der Waals surface area (Å²) in [5.74, 6) is -1.89. The predicted molar refractivity (Wildman–Crippen MR) is 106 cm³/mol. The van der Waals surface area contributed by atoms with Crippen LogP contribution in [-0.2, 0) is 9.59 Å². The lowest BCUT2D eigenvalue weighted by Gasteiger charge is -2.32. The van der Waals surface area contributed by atoms with E-state index in [0.29, 0.717) is 30.8 Å². The second kappa shape index (κ2) is 9.27. The first kappa shape index (κ1) is 20.4. The number of hydrogen-bond donors (Lipinski definition) is 2. The Morgan fingerprint density at radius 1 is 1.10 bits per heavy atom. The Bertz CT molecular complexity index is 896. The van der Waals surface area contributed by atoms with Crippen LogP contribution < -0.4 is 10.6 Å². The van der Waals surface area contributed by atoms with Gasteiger partial charge in [0.15, 0.2) is 0 Å². The summed E-state index contributed by atoms with van der Waals surface area (Å²) >= 11 is 0. The predicted octanol–water partition coefficient (Wildman–Crippen LogP) is 2.14. The highest BCUT2D eigenvalue weighted by Gasteiger charge is 2.24. The van der Waals surface area contributed by atoms with Crippen LogP contribution in [0.15, 0.2) is 42.7 Å². The molecule has 29 heavy (non-hydrogen) atoms. The van der Waals surface area contributed by atoms with E-state index in [1.54, 1.807) is 42.4 Å². The minimum absolute atomic E-state index is 0.0282. The van der Waals surface area contributed by atoms with E-state index in [2.05, 4.69) is 15.6 Å². The maximum atomic E-state index is 13.5. The lowest BCUT2D eigenvalue weighted by molar-refractivity contribution is -0.136. The van der Waals surface area contributed by atoms with Gasteiger partial charge in [0.2, 0.25) is 0 Å². The van der Waals surface area contributed by atoms with Gasteiger partial charge in [-0.05, 0) is 55.5 Å². The van der Waals surface area contributed by atoms with Crippen LogP contribution in [0.1, 0.15) is 28.8 Å². The van der Waals surface area contributed by atoms with Crippen molar-refractivity contribution in [1.29, 1.82) is 0 Å². The smallest absolute Gasteiger partial charge is 0.313 e. The number of hydrogen-bond acceptors (Lipinski definition) is 4. The second-order valence-corrected chi connectivity index (χ2v) is 7.10. The second-order valence-electron chi connectivity index (χ2n) is 7.10. The van der Waals surface area contributed by atoms with Gasteiger partial charge >= 0.3 is 11.8 Å². The van der Waals surface area contributed by atoms with Gasteiger partial charge in [0, 0.05) is 43.3 Å². The fraction of sp³-hybridized carbons (Fsp3) is 0.333. The fourth-order valence-electron chi connectivity index (χ4n) is 3.19. The number of piperidine rings is 1. The number of carbonyl (C=O) groups excluding carboxylic acids is 3. The molecule has 2 N–H and O–H groups in total. The maximum Gasteiger partial charge on any atom is 0.313 e. The Labute approximate surface area is 168 Å². The van der Waals surface area contributed by atoms with Crippen molar-refractivity contribution in [2.24, 2.45) is 5.92 Å². The monoisotopic (exact) mass is 398 g/mol. The van der Waals surface area contributed by atoms with Gasteiger partial charge in [-0.15, -0.1) is 0 Å². The number of aryl methyl sites for hydroxylation is 1. The number of amides is 3. The molecular weight excluding hydrogens is 375 g/mol. The van der Waals surface area contributed by atoms with Crippen LogP contribution in [0.4, 0.5) is 10.1 Å². The van der Waals surface area contributed by atoms with Crippen LogP contribution in [0.5, 0.6) is 0 Å². The normalized spacial score (nSPS) is 14.3. The molecule has 2 aromatic rings. The molecule has 2 heterocycles. The van der Waals surface area contributed by atoms with Crippen LogP contribution >= 0.6 is 0 Å². The van der Waals surface area contributed by atoms with E-state index in [-0.39, 0.29) is 17.5 Å². The van der Waals surface area contributed by atoms with Crippen LogP contribution in [-0.4, -0.2) is 47.2 Å². The summed E-state index contributed by atoms with van der Waals surface area (Å²) in [5.41, 5.74) is 1.30.